The largest absolute Gasteiger partial charge is 0.420 e. The zero-order valence-corrected chi connectivity index (χ0v) is 10.6. The Morgan fingerprint density at radius 3 is 2.00 bits per heavy atom. The van der Waals surface area contributed by atoms with Gasteiger partial charge in [-0.25, -0.2) is 0 Å². The summed E-state index contributed by atoms with van der Waals surface area (Å²) in [4.78, 5) is 0. The van der Waals surface area contributed by atoms with Crippen LogP contribution in [0.25, 0.3) is 0 Å². The van der Waals surface area contributed by atoms with Crippen LogP contribution < -0.4 is 0 Å². The van der Waals surface area contributed by atoms with Crippen LogP contribution in [0.1, 0.15) is 11.1 Å². The van der Waals surface area contributed by atoms with Crippen molar-refractivity contribution >= 4 is 8.32 Å². The van der Waals surface area contributed by atoms with Gasteiger partial charge in [-0.05, 0) is 36.8 Å². The monoisotopic (exact) mass is 248 g/mol. The molecular formula is C11H15F3OSi. The zero-order chi connectivity index (χ0) is 12.4. The summed E-state index contributed by atoms with van der Waals surface area (Å²) < 4.78 is 42.3. The maximum atomic E-state index is 12.3. The van der Waals surface area contributed by atoms with E-state index in [2.05, 4.69) is 0 Å². The molecule has 1 aromatic carbocycles. The van der Waals surface area contributed by atoms with Gasteiger partial charge in [-0.2, -0.15) is 13.2 Å². The zero-order valence-electron chi connectivity index (χ0n) is 9.56. The Kier molecular flexibility index (Phi) is 3.80. The number of hydrogen-bond acceptors (Lipinski definition) is 1. The number of hydrogen-bond donors (Lipinski definition) is 0. The van der Waals surface area contributed by atoms with E-state index in [1.165, 1.54) is 12.1 Å². The van der Waals surface area contributed by atoms with E-state index in [0.29, 0.717) is 0 Å². The Morgan fingerprint density at radius 2 is 1.62 bits per heavy atom. The van der Waals surface area contributed by atoms with Crippen molar-refractivity contribution in [3.05, 3.63) is 35.4 Å². The molecule has 0 unspecified atom stereocenters. The highest BCUT2D eigenvalue weighted by molar-refractivity contribution is 6.70. The van der Waals surface area contributed by atoms with Gasteiger partial charge in [-0.15, -0.1) is 0 Å². The van der Waals surface area contributed by atoms with Crippen molar-refractivity contribution < 1.29 is 17.6 Å². The lowest BCUT2D eigenvalue weighted by Crippen LogP contribution is -2.32. The number of alkyl halides is 3. The van der Waals surface area contributed by atoms with Crippen molar-refractivity contribution in [2.45, 2.75) is 25.3 Å². The summed E-state index contributed by atoms with van der Waals surface area (Å²) >= 11 is 0. The molecule has 0 spiro atoms. The van der Waals surface area contributed by atoms with Crippen molar-refractivity contribution in [1.29, 1.82) is 0 Å². The molecule has 0 aromatic heterocycles. The van der Waals surface area contributed by atoms with Gasteiger partial charge in [0.15, 0.2) is 8.32 Å². The van der Waals surface area contributed by atoms with E-state index in [-0.39, 0.29) is 0 Å². The SMILES string of the molecule is CO[Si](C)(C)Cc1ccc(C(F)(F)F)cc1. The van der Waals surface area contributed by atoms with Gasteiger partial charge in [0.2, 0.25) is 0 Å². The van der Waals surface area contributed by atoms with Crippen LogP contribution in [0.15, 0.2) is 24.3 Å². The summed E-state index contributed by atoms with van der Waals surface area (Å²) in [5.74, 6) is 0. The molecule has 1 nitrogen and oxygen atoms in total. The normalized spacial score (nSPS) is 12.9. The molecule has 0 saturated carbocycles. The number of rotatable bonds is 3. The van der Waals surface area contributed by atoms with Crippen LogP contribution in [-0.2, 0) is 16.6 Å². The summed E-state index contributed by atoms with van der Waals surface area (Å²) in [6, 6.07) is 6.01. The number of benzene rings is 1. The van der Waals surface area contributed by atoms with Gasteiger partial charge in [-0.3, -0.25) is 0 Å². The summed E-state index contributed by atoms with van der Waals surface area (Å²) in [6.45, 7) is 4.06. The van der Waals surface area contributed by atoms with Crippen LogP contribution in [0.2, 0.25) is 13.1 Å². The maximum Gasteiger partial charge on any atom is 0.416 e. The van der Waals surface area contributed by atoms with Crippen LogP contribution in [0.4, 0.5) is 13.2 Å². The minimum absolute atomic E-state index is 0.604. The van der Waals surface area contributed by atoms with E-state index in [4.69, 9.17) is 4.43 Å². The topological polar surface area (TPSA) is 9.23 Å². The molecular weight excluding hydrogens is 233 g/mol. The second-order valence-electron chi connectivity index (χ2n) is 4.34. The molecule has 0 aliphatic rings. The van der Waals surface area contributed by atoms with Crippen molar-refractivity contribution in [2.75, 3.05) is 7.11 Å². The fraction of sp³-hybridized carbons (Fsp3) is 0.455. The highest BCUT2D eigenvalue weighted by Crippen LogP contribution is 2.29. The summed E-state index contributed by atoms with van der Waals surface area (Å²) in [7, 11) is -0.114. The first-order chi connectivity index (χ1) is 7.24. The molecule has 0 N–H and O–H groups in total. The fourth-order valence-electron chi connectivity index (χ4n) is 1.38. The van der Waals surface area contributed by atoms with Crippen LogP contribution in [0.3, 0.4) is 0 Å². The van der Waals surface area contributed by atoms with Gasteiger partial charge in [0.05, 0.1) is 5.56 Å². The standard InChI is InChI=1S/C11H15F3OSi/c1-15-16(2,3)8-9-4-6-10(7-5-9)11(12,13)14/h4-7H,8H2,1-3H3. The first-order valence-corrected chi connectivity index (χ1v) is 8.07. The molecule has 0 radical (unpaired) electrons. The average Bonchev–Trinajstić information content (AvgIpc) is 2.16. The van der Waals surface area contributed by atoms with E-state index < -0.39 is 20.1 Å². The van der Waals surface area contributed by atoms with Crippen LogP contribution in [-0.4, -0.2) is 15.4 Å². The minimum Gasteiger partial charge on any atom is -0.420 e. The highest BCUT2D eigenvalue weighted by Gasteiger charge is 2.30. The minimum atomic E-state index is -4.26. The summed E-state index contributed by atoms with van der Waals surface area (Å²) in [6.07, 6.45) is -4.26. The van der Waals surface area contributed by atoms with Crippen LogP contribution in [0.5, 0.6) is 0 Å². The quantitative estimate of drug-likeness (QED) is 0.742. The fourth-order valence-corrected chi connectivity index (χ4v) is 2.74. The third-order valence-electron chi connectivity index (χ3n) is 2.46. The van der Waals surface area contributed by atoms with Crippen molar-refractivity contribution in [1.82, 2.24) is 0 Å². The molecule has 0 saturated heterocycles. The lowest BCUT2D eigenvalue weighted by atomic mass is 10.1. The molecule has 0 atom stereocenters. The third-order valence-corrected chi connectivity index (χ3v) is 4.83. The predicted molar refractivity (Wildman–Crippen MR) is 59.6 cm³/mol. The van der Waals surface area contributed by atoms with Crippen molar-refractivity contribution in [3.63, 3.8) is 0 Å². The Bertz CT molecular complexity index is 343. The number of halogens is 3. The first-order valence-electron chi connectivity index (χ1n) is 4.96. The Morgan fingerprint density at radius 1 is 1.12 bits per heavy atom. The molecule has 0 amide bonds. The molecule has 0 aliphatic heterocycles. The summed E-state index contributed by atoms with van der Waals surface area (Å²) in [5.41, 5.74) is 0.291. The molecule has 1 aromatic rings. The van der Waals surface area contributed by atoms with Crippen molar-refractivity contribution in [2.24, 2.45) is 0 Å². The Balaban J connectivity index is 2.80. The van der Waals surface area contributed by atoms with E-state index >= 15 is 0 Å². The first kappa shape index (κ1) is 13.3. The van der Waals surface area contributed by atoms with Crippen LogP contribution >= 0.6 is 0 Å². The lowest BCUT2D eigenvalue weighted by molar-refractivity contribution is -0.137. The molecule has 16 heavy (non-hydrogen) atoms. The second-order valence-corrected chi connectivity index (χ2v) is 8.62. The average molecular weight is 248 g/mol. The molecule has 90 valence electrons. The van der Waals surface area contributed by atoms with Gasteiger partial charge >= 0.3 is 6.18 Å². The van der Waals surface area contributed by atoms with Gasteiger partial charge in [0.1, 0.15) is 0 Å². The molecule has 0 aliphatic carbocycles. The molecule has 0 bridgehead atoms. The van der Waals surface area contributed by atoms with Gasteiger partial charge in [-0.1, -0.05) is 12.1 Å². The third kappa shape index (κ3) is 3.64. The van der Waals surface area contributed by atoms with E-state index in [0.717, 1.165) is 23.7 Å². The van der Waals surface area contributed by atoms with Gasteiger partial charge in [0, 0.05) is 7.11 Å². The Hall–Kier alpha value is -0.813. The van der Waals surface area contributed by atoms with Gasteiger partial charge in [0.25, 0.3) is 0 Å². The molecule has 1 rings (SSSR count). The van der Waals surface area contributed by atoms with E-state index in [1.54, 1.807) is 7.11 Å². The predicted octanol–water partition coefficient (Wildman–Crippen LogP) is 3.64. The molecule has 0 fully saturated rings. The van der Waals surface area contributed by atoms with Crippen LogP contribution in [0, 0.1) is 0 Å². The highest BCUT2D eigenvalue weighted by atomic mass is 28.4. The molecule has 5 heteroatoms. The summed E-state index contributed by atoms with van der Waals surface area (Å²) in [5, 5.41) is 0. The van der Waals surface area contributed by atoms with Gasteiger partial charge < -0.3 is 4.43 Å². The van der Waals surface area contributed by atoms with E-state index in [1.807, 2.05) is 13.1 Å². The smallest absolute Gasteiger partial charge is 0.416 e. The lowest BCUT2D eigenvalue weighted by Gasteiger charge is -2.20. The van der Waals surface area contributed by atoms with E-state index in [9.17, 15) is 13.2 Å². The maximum absolute atomic E-state index is 12.3. The Labute approximate surface area is 94.4 Å². The van der Waals surface area contributed by atoms with Crippen molar-refractivity contribution in [3.8, 4) is 0 Å². The molecule has 0 heterocycles. The second kappa shape index (κ2) is 4.59.